The van der Waals surface area contributed by atoms with Gasteiger partial charge in [-0.1, -0.05) is 71.8 Å². The molecule has 0 N–H and O–H groups in total. The maximum atomic E-state index is 2.68. The highest BCUT2D eigenvalue weighted by atomic mass is 15.2. The SMILES string of the molecule is Cc1ccc2c(c1)B1c3cc(C)ccc3N(c3ccccc3C)c3cc(C45CC6CC(CC(C6)C4)C5)cc(c31)N2c1ccccc1. The zero-order chi connectivity index (χ0) is 30.7. The van der Waals surface area contributed by atoms with Crippen LogP contribution in [0.15, 0.2) is 103 Å². The molecule has 0 unspecified atom stereocenters. The van der Waals surface area contributed by atoms with Gasteiger partial charge in [-0.05, 0) is 152 Å². The Kier molecular flexibility index (Phi) is 5.64. The largest absolute Gasteiger partial charge is 0.311 e. The Bertz CT molecular complexity index is 2010. The van der Waals surface area contributed by atoms with Crippen LogP contribution >= 0.6 is 0 Å². The lowest BCUT2D eigenvalue weighted by molar-refractivity contribution is -0.00514. The van der Waals surface area contributed by atoms with Crippen LogP contribution in [0, 0.1) is 38.5 Å². The molecular weight excluding hydrogens is 555 g/mol. The van der Waals surface area contributed by atoms with Crippen LogP contribution in [0.4, 0.5) is 34.1 Å². The lowest BCUT2D eigenvalue weighted by Gasteiger charge is -2.57. The molecule has 5 aromatic rings. The maximum Gasteiger partial charge on any atom is 0.252 e. The van der Waals surface area contributed by atoms with Crippen LogP contribution in [0.3, 0.4) is 0 Å². The number of nitrogens with zero attached hydrogens (tertiary/aromatic N) is 2. The van der Waals surface area contributed by atoms with Gasteiger partial charge in [0.15, 0.2) is 0 Å². The topological polar surface area (TPSA) is 6.48 Å². The molecule has 46 heavy (non-hydrogen) atoms. The summed E-state index contributed by atoms with van der Waals surface area (Å²) in [6.45, 7) is 6.96. The van der Waals surface area contributed by atoms with Gasteiger partial charge in [0.05, 0.1) is 0 Å². The molecule has 4 saturated carbocycles. The number of rotatable bonds is 3. The molecule has 4 aliphatic carbocycles. The van der Waals surface area contributed by atoms with Crippen LogP contribution in [0.25, 0.3) is 0 Å². The Morgan fingerprint density at radius 1 is 0.543 bits per heavy atom. The molecular formula is C43H41BN2. The van der Waals surface area contributed by atoms with Crippen molar-refractivity contribution in [3.8, 4) is 0 Å². The van der Waals surface area contributed by atoms with Crippen LogP contribution in [0.2, 0.25) is 0 Å². The molecule has 3 heteroatoms. The summed E-state index contributed by atoms with van der Waals surface area (Å²) in [6.07, 6.45) is 8.48. The average Bonchev–Trinajstić information content (AvgIpc) is 3.05. The van der Waals surface area contributed by atoms with Crippen molar-refractivity contribution < 1.29 is 0 Å². The molecule has 2 aliphatic heterocycles. The van der Waals surface area contributed by atoms with E-state index in [-0.39, 0.29) is 12.1 Å². The van der Waals surface area contributed by atoms with E-state index < -0.39 is 0 Å². The minimum absolute atomic E-state index is 0.181. The molecule has 11 rings (SSSR count). The van der Waals surface area contributed by atoms with Gasteiger partial charge in [-0.3, -0.25) is 0 Å². The first-order valence-electron chi connectivity index (χ1n) is 17.6. The van der Waals surface area contributed by atoms with Gasteiger partial charge in [0.2, 0.25) is 0 Å². The van der Waals surface area contributed by atoms with Crippen molar-refractivity contribution in [3.63, 3.8) is 0 Å². The lowest BCUT2D eigenvalue weighted by Crippen LogP contribution is -2.61. The molecule has 0 aromatic heterocycles. The number of para-hydroxylation sites is 2. The van der Waals surface area contributed by atoms with Gasteiger partial charge in [0.1, 0.15) is 0 Å². The van der Waals surface area contributed by atoms with Gasteiger partial charge < -0.3 is 9.80 Å². The van der Waals surface area contributed by atoms with Crippen LogP contribution in [0.5, 0.6) is 0 Å². The van der Waals surface area contributed by atoms with Crippen molar-refractivity contribution in [1.82, 2.24) is 0 Å². The molecule has 0 saturated heterocycles. The molecule has 2 heterocycles. The van der Waals surface area contributed by atoms with E-state index in [1.807, 2.05) is 0 Å². The fraction of sp³-hybridized carbons (Fsp3) is 0.302. The van der Waals surface area contributed by atoms with Crippen LogP contribution < -0.4 is 26.2 Å². The first kappa shape index (κ1) is 26.9. The fourth-order valence-corrected chi connectivity index (χ4v) is 10.9. The van der Waals surface area contributed by atoms with E-state index in [4.69, 9.17) is 0 Å². The average molecular weight is 597 g/mol. The normalized spacial score (nSPS) is 24.9. The Morgan fingerprint density at radius 3 is 1.70 bits per heavy atom. The highest BCUT2D eigenvalue weighted by Crippen LogP contribution is 2.61. The molecule has 0 spiro atoms. The Hall–Kier alpha value is -4.24. The lowest BCUT2D eigenvalue weighted by atomic mass is 9.33. The first-order chi connectivity index (χ1) is 22.5. The Morgan fingerprint density at radius 2 is 1.09 bits per heavy atom. The maximum absolute atomic E-state index is 2.68. The first-order valence-corrected chi connectivity index (χ1v) is 17.6. The van der Waals surface area contributed by atoms with E-state index in [1.165, 1.54) is 106 Å². The van der Waals surface area contributed by atoms with Crippen molar-refractivity contribution in [1.29, 1.82) is 0 Å². The van der Waals surface area contributed by atoms with Crippen molar-refractivity contribution >= 4 is 57.2 Å². The molecule has 2 nitrogen and oxygen atoms in total. The summed E-state index contributed by atoms with van der Waals surface area (Å²) in [5, 5.41) is 0. The van der Waals surface area contributed by atoms with E-state index in [1.54, 1.807) is 5.56 Å². The number of anilines is 6. The van der Waals surface area contributed by atoms with Gasteiger partial charge in [-0.25, -0.2) is 0 Å². The monoisotopic (exact) mass is 596 g/mol. The highest BCUT2D eigenvalue weighted by Gasteiger charge is 2.53. The van der Waals surface area contributed by atoms with E-state index in [0.717, 1.165) is 17.8 Å². The minimum atomic E-state index is 0.181. The summed E-state index contributed by atoms with van der Waals surface area (Å²) >= 11 is 0. The highest BCUT2D eigenvalue weighted by molar-refractivity contribution is 7.00. The van der Waals surface area contributed by atoms with Crippen molar-refractivity contribution in [3.05, 3.63) is 125 Å². The van der Waals surface area contributed by atoms with E-state index in [2.05, 4.69) is 134 Å². The minimum Gasteiger partial charge on any atom is -0.311 e. The molecule has 4 fully saturated rings. The standard InChI is InChI=1S/C43H41BN2/c1-27-13-15-38-35(17-27)44-36-18-28(2)14-16-39(36)46(37-12-8-7-9-29(37)3)41-23-33(43-24-30-19-31(25-43)21-32(20-30)26-43)22-40(42(41)44)45(38)34-10-5-4-6-11-34/h4-18,22-23,30-32H,19-21,24-26H2,1-3H3. The van der Waals surface area contributed by atoms with Gasteiger partial charge in [-0.2, -0.15) is 0 Å². The Labute approximate surface area is 274 Å². The van der Waals surface area contributed by atoms with Crippen LogP contribution in [-0.4, -0.2) is 6.71 Å². The number of hydrogen-bond acceptors (Lipinski definition) is 2. The fourth-order valence-electron chi connectivity index (χ4n) is 10.9. The molecule has 0 radical (unpaired) electrons. The number of benzene rings is 5. The van der Waals surface area contributed by atoms with Gasteiger partial charge in [0.25, 0.3) is 6.71 Å². The smallest absolute Gasteiger partial charge is 0.252 e. The molecule has 0 amide bonds. The third-order valence-corrected chi connectivity index (χ3v) is 12.4. The Balaban J connectivity index is 1.32. The summed E-state index contributed by atoms with van der Waals surface area (Å²) in [6, 6.07) is 39.8. The number of hydrogen-bond donors (Lipinski definition) is 0. The van der Waals surface area contributed by atoms with Crippen molar-refractivity contribution in [2.24, 2.45) is 17.8 Å². The predicted octanol–water partition coefficient (Wildman–Crippen LogP) is 9.16. The van der Waals surface area contributed by atoms with Crippen molar-refractivity contribution in [2.75, 3.05) is 9.80 Å². The molecule has 5 aromatic carbocycles. The van der Waals surface area contributed by atoms with E-state index >= 15 is 0 Å². The quantitative estimate of drug-likeness (QED) is 0.188. The zero-order valence-electron chi connectivity index (χ0n) is 27.3. The zero-order valence-corrected chi connectivity index (χ0v) is 27.3. The molecule has 4 bridgehead atoms. The van der Waals surface area contributed by atoms with E-state index in [9.17, 15) is 0 Å². The van der Waals surface area contributed by atoms with Gasteiger partial charge in [0, 0.05) is 34.1 Å². The predicted molar refractivity (Wildman–Crippen MR) is 195 cm³/mol. The second kappa shape index (κ2) is 9.64. The molecule has 226 valence electrons. The summed E-state index contributed by atoms with van der Waals surface area (Å²) < 4.78 is 0. The van der Waals surface area contributed by atoms with Crippen LogP contribution in [0.1, 0.15) is 60.8 Å². The third-order valence-electron chi connectivity index (χ3n) is 12.4. The summed E-state index contributed by atoms with van der Waals surface area (Å²) in [5.74, 6) is 2.70. The third kappa shape index (κ3) is 3.78. The van der Waals surface area contributed by atoms with Gasteiger partial charge in [-0.15, -0.1) is 0 Å². The number of fused-ring (bicyclic) bond motifs is 4. The van der Waals surface area contributed by atoms with Gasteiger partial charge >= 0.3 is 0 Å². The van der Waals surface area contributed by atoms with Crippen molar-refractivity contribution in [2.45, 2.75) is 64.7 Å². The second-order valence-electron chi connectivity index (χ2n) is 15.5. The molecule has 0 atom stereocenters. The molecule has 6 aliphatic rings. The second-order valence-corrected chi connectivity index (χ2v) is 15.5. The van der Waals surface area contributed by atoms with E-state index in [0.29, 0.717) is 0 Å². The summed E-state index contributed by atoms with van der Waals surface area (Å²) in [5.41, 5.74) is 18.0. The summed E-state index contributed by atoms with van der Waals surface area (Å²) in [7, 11) is 0. The van der Waals surface area contributed by atoms with Crippen LogP contribution in [-0.2, 0) is 5.41 Å². The summed E-state index contributed by atoms with van der Waals surface area (Å²) in [4.78, 5) is 5.23. The number of aryl methyl sites for hydroxylation is 3.